The molecule has 0 bridgehead atoms. The molecule has 0 saturated carbocycles. The molecule has 6 nitrogen and oxygen atoms in total. The van der Waals surface area contributed by atoms with Crippen LogP contribution in [-0.2, 0) is 19.9 Å². The molecule has 0 aromatic carbocycles. The van der Waals surface area contributed by atoms with Gasteiger partial charge in [0.05, 0.1) is 34.7 Å². The maximum absolute atomic E-state index is 13.1. The van der Waals surface area contributed by atoms with Crippen LogP contribution in [0.5, 0.6) is 0 Å². The van der Waals surface area contributed by atoms with Gasteiger partial charge in [-0.25, -0.2) is 4.98 Å². The number of ether oxygens (including phenoxy) is 1. The van der Waals surface area contributed by atoms with E-state index in [9.17, 15) is 19.8 Å². The molecule has 1 aromatic heterocycles. The Kier molecular flexibility index (Phi) is 8.82. The van der Waals surface area contributed by atoms with Crippen LogP contribution in [0.4, 0.5) is 0 Å². The van der Waals surface area contributed by atoms with Crippen LogP contribution < -0.4 is 0 Å². The maximum atomic E-state index is 13.1. The molecule has 0 radical (unpaired) electrons. The van der Waals surface area contributed by atoms with Crippen LogP contribution in [0, 0.1) is 24.2 Å². The zero-order chi connectivity index (χ0) is 24.3. The molecule has 1 aliphatic rings. The van der Waals surface area contributed by atoms with Crippen molar-refractivity contribution < 1.29 is 24.5 Å². The molecule has 7 heteroatoms. The number of aliphatic hydroxyl groups is 2. The average molecular weight is 466 g/mol. The lowest BCUT2D eigenvalue weighted by Crippen LogP contribution is -2.46. The Bertz CT molecular complexity index is 845. The lowest BCUT2D eigenvalue weighted by atomic mass is 9.73. The summed E-state index contributed by atoms with van der Waals surface area (Å²) in [5.41, 5.74) is -0.280. The van der Waals surface area contributed by atoms with Gasteiger partial charge in [-0.15, -0.1) is 11.3 Å². The highest BCUT2D eigenvalue weighted by Gasteiger charge is 2.43. The third-order valence-corrected chi connectivity index (χ3v) is 7.68. The van der Waals surface area contributed by atoms with Crippen LogP contribution in [0.15, 0.2) is 17.0 Å². The van der Waals surface area contributed by atoms with Crippen molar-refractivity contribution in [1.29, 1.82) is 0 Å². The number of rotatable bonds is 1. The second kappa shape index (κ2) is 10.6. The predicted molar refractivity (Wildman–Crippen MR) is 126 cm³/mol. The van der Waals surface area contributed by atoms with E-state index in [0.29, 0.717) is 12.1 Å². The molecule has 0 saturated heterocycles. The Balaban J connectivity index is 2.39. The number of carbonyl (C=O) groups is 2. The van der Waals surface area contributed by atoms with Crippen molar-refractivity contribution in [2.75, 3.05) is 0 Å². The van der Waals surface area contributed by atoms with Crippen molar-refractivity contribution in [3.8, 4) is 0 Å². The lowest BCUT2D eigenvalue weighted by Gasteiger charge is -2.35. The summed E-state index contributed by atoms with van der Waals surface area (Å²) in [4.78, 5) is 30.6. The van der Waals surface area contributed by atoms with Gasteiger partial charge in [0.25, 0.3) is 0 Å². The van der Waals surface area contributed by atoms with Gasteiger partial charge in [0.2, 0.25) is 0 Å². The number of hydrogen-bond donors (Lipinski definition) is 2. The zero-order valence-corrected chi connectivity index (χ0v) is 21.3. The number of aromatic nitrogens is 1. The standard InChI is InChI=1S/C25H39NO5S/c1-15-9-8-10-16(2)22(29)17(3)23(30)24(5,6)20(27)13-21(28)31-25(7,12-11-15)19-14-32-18(4)26-19/h11,14,16-17,20,22,27,29H,8-10,12-13H2,1-7H3/b15-11-/t16-,17+,20-,22-,25-/m0/s1. The third kappa shape index (κ3) is 6.27. The van der Waals surface area contributed by atoms with Crippen molar-refractivity contribution in [1.82, 2.24) is 4.98 Å². The molecule has 0 fully saturated rings. The molecular weight excluding hydrogens is 426 g/mol. The number of cyclic esters (lactones) is 1. The minimum atomic E-state index is -1.22. The smallest absolute Gasteiger partial charge is 0.309 e. The number of thiazole rings is 1. The first-order chi connectivity index (χ1) is 14.8. The third-order valence-electron chi connectivity index (χ3n) is 6.91. The molecule has 0 aliphatic carbocycles. The molecule has 2 heterocycles. The number of ketones is 1. The van der Waals surface area contributed by atoms with Crippen LogP contribution in [0.1, 0.15) is 84.3 Å². The highest BCUT2D eigenvalue weighted by Crippen LogP contribution is 2.35. The van der Waals surface area contributed by atoms with E-state index in [1.807, 2.05) is 26.2 Å². The highest BCUT2D eigenvalue weighted by atomic mass is 32.1. The van der Waals surface area contributed by atoms with Crippen molar-refractivity contribution in [3.63, 3.8) is 0 Å². The highest BCUT2D eigenvalue weighted by molar-refractivity contribution is 7.09. The fourth-order valence-electron chi connectivity index (χ4n) is 4.25. The van der Waals surface area contributed by atoms with Crippen LogP contribution in [0.2, 0.25) is 0 Å². The van der Waals surface area contributed by atoms with Gasteiger partial charge >= 0.3 is 5.97 Å². The number of aryl methyl sites for hydroxylation is 1. The van der Waals surface area contributed by atoms with Gasteiger partial charge < -0.3 is 14.9 Å². The van der Waals surface area contributed by atoms with E-state index < -0.39 is 35.1 Å². The number of hydrogen-bond acceptors (Lipinski definition) is 7. The maximum Gasteiger partial charge on any atom is 0.309 e. The topological polar surface area (TPSA) is 96.7 Å². The Hall–Kier alpha value is -1.57. The van der Waals surface area contributed by atoms with Crippen LogP contribution in [0.3, 0.4) is 0 Å². The largest absolute Gasteiger partial charge is 0.452 e. The molecule has 180 valence electrons. The molecule has 2 N–H and O–H groups in total. The van der Waals surface area contributed by atoms with E-state index in [4.69, 9.17) is 4.74 Å². The number of esters is 1. The van der Waals surface area contributed by atoms with Crippen molar-refractivity contribution >= 4 is 23.1 Å². The zero-order valence-electron chi connectivity index (χ0n) is 20.5. The van der Waals surface area contributed by atoms with Gasteiger partial charge in [-0.3, -0.25) is 9.59 Å². The molecule has 1 aliphatic heterocycles. The van der Waals surface area contributed by atoms with E-state index in [-0.39, 0.29) is 18.1 Å². The van der Waals surface area contributed by atoms with Crippen molar-refractivity contribution in [3.05, 3.63) is 27.7 Å². The van der Waals surface area contributed by atoms with Gasteiger partial charge in [-0.1, -0.05) is 39.3 Å². The molecule has 0 amide bonds. The summed E-state index contributed by atoms with van der Waals surface area (Å²) in [5.74, 6) is -1.52. The molecule has 5 atom stereocenters. The fraction of sp³-hybridized carbons (Fsp3) is 0.720. The summed E-state index contributed by atoms with van der Waals surface area (Å²) in [6.07, 6.45) is 2.78. The van der Waals surface area contributed by atoms with Gasteiger partial charge in [0, 0.05) is 17.7 Å². The summed E-state index contributed by atoms with van der Waals surface area (Å²) >= 11 is 1.50. The SMILES string of the molecule is C/C1=C/C[C@@](C)(c2csc(C)n2)OC(=O)C[C@H](O)C(C)(C)C(=O)[C@H](C)[C@@H](O)[C@@H](C)CCC1. The first-order valence-corrected chi connectivity index (χ1v) is 12.4. The van der Waals surface area contributed by atoms with E-state index in [1.165, 1.54) is 16.9 Å². The lowest BCUT2D eigenvalue weighted by molar-refractivity contribution is -0.164. The Labute approximate surface area is 196 Å². The minimum Gasteiger partial charge on any atom is -0.452 e. The second-order valence-electron chi connectivity index (χ2n) is 10.2. The molecule has 2 rings (SSSR count). The normalized spacial score (nSPS) is 35.1. The van der Waals surface area contributed by atoms with E-state index in [1.54, 1.807) is 20.8 Å². The summed E-state index contributed by atoms with van der Waals surface area (Å²) in [6, 6.07) is 0. The van der Waals surface area contributed by atoms with Crippen molar-refractivity contribution in [2.24, 2.45) is 17.3 Å². The molecule has 0 spiro atoms. The quantitative estimate of drug-likeness (QED) is 0.461. The second-order valence-corrected chi connectivity index (χ2v) is 11.2. The number of Topliss-reactive ketones (excluding diaryl/α,β-unsaturated/α-hetero) is 1. The minimum absolute atomic E-state index is 0.0455. The Morgan fingerprint density at radius 3 is 2.41 bits per heavy atom. The molecule has 1 aromatic rings. The first kappa shape index (κ1) is 26.7. The van der Waals surface area contributed by atoms with Gasteiger partial charge in [-0.2, -0.15) is 0 Å². The molecule has 32 heavy (non-hydrogen) atoms. The number of allylic oxidation sites excluding steroid dienone is 1. The molecular formula is C25H39NO5S. The number of nitrogens with zero attached hydrogens (tertiary/aromatic N) is 1. The van der Waals surface area contributed by atoms with E-state index in [2.05, 4.69) is 18.0 Å². The van der Waals surface area contributed by atoms with E-state index in [0.717, 1.165) is 24.3 Å². The summed E-state index contributed by atoms with van der Waals surface area (Å²) < 4.78 is 5.89. The fourth-order valence-corrected chi connectivity index (χ4v) is 4.99. The molecule has 0 unspecified atom stereocenters. The Morgan fingerprint density at radius 2 is 1.81 bits per heavy atom. The van der Waals surface area contributed by atoms with Gasteiger partial charge in [0.15, 0.2) is 5.60 Å². The first-order valence-electron chi connectivity index (χ1n) is 11.5. The average Bonchev–Trinajstić information content (AvgIpc) is 3.16. The van der Waals surface area contributed by atoms with Crippen LogP contribution in [0.25, 0.3) is 0 Å². The summed E-state index contributed by atoms with van der Waals surface area (Å²) in [7, 11) is 0. The Morgan fingerprint density at radius 1 is 1.16 bits per heavy atom. The monoisotopic (exact) mass is 465 g/mol. The number of carbonyl (C=O) groups excluding carboxylic acids is 2. The van der Waals surface area contributed by atoms with Crippen LogP contribution in [-0.4, -0.2) is 39.2 Å². The van der Waals surface area contributed by atoms with Gasteiger partial charge in [0.1, 0.15) is 5.78 Å². The summed E-state index contributed by atoms with van der Waals surface area (Å²) in [6.45, 7) is 12.7. The van der Waals surface area contributed by atoms with Crippen LogP contribution >= 0.6 is 11.3 Å². The van der Waals surface area contributed by atoms with E-state index >= 15 is 0 Å². The summed E-state index contributed by atoms with van der Waals surface area (Å²) in [5, 5.41) is 24.4. The predicted octanol–water partition coefficient (Wildman–Crippen LogP) is 4.71. The van der Waals surface area contributed by atoms with Gasteiger partial charge in [-0.05, 0) is 46.0 Å². The van der Waals surface area contributed by atoms with Crippen molar-refractivity contribution in [2.45, 2.75) is 98.4 Å². The number of aliphatic hydroxyl groups excluding tert-OH is 2.